The summed E-state index contributed by atoms with van der Waals surface area (Å²) in [5.74, 6) is 0. The second-order valence-corrected chi connectivity index (χ2v) is 2.04. The molecule has 0 amide bonds. The van der Waals surface area contributed by atoms with Crippen LogP contribution in [0.3, 0.4) is 0 Å². The number of rotatable bonds is 0. The average Bonchev–Trinajstić information content (AvgIpc) is 1.77. The van der Waals surface area contributed by atoms with Crippen molar-refractivity contribution in [3.63, 3.8) is 0 Å². The minimum absolute atomic E-state index is 0.376. The molecule has 0 radical (unpaired) electrons. The van der Waals surface area contributed by atoms with E-state index in [2.05, 4.69) is 0 Å². The second kappa shape index (κ2) is 2.42. The zero-order valence-electron chi connectivity index (χ0n) is 4.64. The first-order valence-corrected chi connectivity index (χ1v) is 2.78. The fourth-order valence-corrected chi connectivity index (χ4v) is 0.734. The van der Waals surface area contributed by atoms with E-state index >= 15 is 0 Å². The van der Waals surface area contributed by atoms with Crippen molar-refractivity contribution in [2.75, 3.05) is 13.2 Å². The lowest BCUT2D eigenvalue weighted by molar-refractivity contribution is 0.0341. The molecular formula is C5H10FNO. The Bertz CT molecular complexity index is 68.8. The summed E-state index contributed by atoms with van der Waals surface area (Å²) < 4.78 is 17.3. The lowest BCUT2D eigenvalue weighted by Crippen LogP contribution is -2.40. The zero-order valence-corrected chi connectivity index (χ0v) is 4.64. The SMILES string of the molecule is N[C@H]1COCC[C@@H]1F. The number of nitrogens with two attached hydrogens (primary N) is 1. The van der Waals surface area contributed by atoms with Crippen LogP contribution in [0, 0.1) is 0 Å². The van der Waals surface area contributed by atoms with E-state index in [0.717, 1.165) is 0 Å². The van der Waals surface area contributed by atoms with Gasteiger partial charge in [0.05, 0.1) is 12.6 Å². The number of alkyl halides is 1. The van der Waals surface area contributed by atoms with Gasteiger partial charge in [0.25, 0.3) is 0 Å². The minimum atomic E-state index is -0.844. The van der Waals surface area contributed by atoms with Crippen LogP contribution in [-0.2, 0) is 4.74 Å². The number of hydrogen-bond acceptors (Lipinski definition) is 2. The van der Waals surface area contributed by atoms with Gasteiger partial charge in [-0.05, 0) is 0 Å². The Morgan fingerprint density at radius 3 is 2.75 bits per heavy atom. The first-order chi connectivity index (χ1) is 3.80. The van der Waals surface area contributed by atoms with Gasteiger partial charge in [-0.2, -0.15) is 0 Å². The summed E-state index contributed by atoms with van der Waals surface area (Å²) in [6, 6.07) is -0.385. The first-order valence-electron chi connectivity index (χ1n) is 2.78. The van der Waals surface area contributed by atoms with E-state index in [0.29, 0.717) is 19.6 Å². The maximum Gasteiger partial charge on any atom is 0.120 e. The summed E-state index contributed by atoms with van der Waals surface area (Å²) in [5, 5.41) is 0. The molecule has 1 heterocycles. The highest BCUT2D eigenvalue weighted by molar-refractivity contribution is 4.74. The smallest absolute Gasteiger partial charge is 0.120 e. The molecule has 1 saturated heterocycles. The summed E-state index contributed by atoms with van der Waals surface area (Å²) in [6.45, 7) is 0.899. The summed E-state index contributed by atoms with van der Waals surface area (Å²) in [7, 11) is 0. The van der Waals surface area contributed by atoms with Crippen molar-refractivity contribution in [2.24, 2.45) is 5.73 Å². The molecule has 0 aromatic carbocycles. The summed E-state index contributed by atoms with van der Waals surface area (Å²) in [4.78, 5) is 0. The molecule has 0 unspecified atom stereocenters. The van der Waals surface area contributed by atoms with Gasteiger partial charge in [-0.25, -0.2) is 4.39 Å². The minimum Gasteiger partial charge on any atom is -0.380 e. The highest BCUT2D eigenvalue weighted by atomic mass is 19.1. The Labute approximate surface area is 47.8 Å². The highest BCUT2D eigenvalue weighted by Gasteiger charge is 2.20. The van der Waals surface area contributed by atoms with Gasteiger partial charge in [0.1, 0.15) is 6.17 Å². The van der Waals surface area contributed by atoms with Gasteiger partial charge in [0, 0.05) is 13.0 Å². The third kappa shape index (κ3) is 1.17. The fourth-order valence-electron chi connectivity index (χ4n) is 0.734. The first kappa shape index (κ1) is 5.98. The molecule has 1 aliphatic heterocycles. The Hall–Kier alpha value is -0.150. The molecule has 2 nitrogen and oxygen atoms in total. The highest BCUT2D eigenvalue weighted by Crippen LogP contribution is 2.08. The van der Waals surface area contributed by atoms with Crippen LogP contribution >= 0.6 is 0 Å². The molecular weight excluding hydrogens is 109 g/mol. The van der Waals surface area contributed by atoms with Crippen LogP contribution in [0.25, 0.3) is 0 Å². The third-order valence-corrected chi connectivity index (χ3v) is 1.31. The van der Waals surface area contributed by atoms with E-state index in [1.807, 2.05) is 0 Å². The summed E-state index contributed by atoms with van der Waals surface area (Å²) in [6.07, 6.45) is -0.384. The lowest BCUT2D eigenvalue weighted by atomic mass is 10.1. The van der Waals surface area contributed by atoms with Crippen molar-refractivity contribution in [3.05, 3.63) is 0 Å². The number of hydrogen-bond donors (Lipinski definition) is 1. The molecule has 0 bridgehead atoms. The predicted molar refractivity (Wildman–Crippen MR) is 28.3 cm³/mol. The molecule has 8 heavy (non-hydrogen) atoms. The molecule has 0 aromatic rings. The molecule has 1 rings (SSSR count). The lowest BCUT2D eigenvalue weighted by Gasteiger charge is -2.21. The van der Waals surface area contributed by atoms with E-state index in [1.165, 1.54) is 0 Å². The molecule has 1 aliphatic rings. The molecule has 0 spiro atoms. The van der Waals surface area contributed by atoms with Gasteiger partial charge in [-0.15, -0.1) is 0 Å². The Morgan fingerprint density at radius 1 is 1.62 bits per heavy atom. The van der Waals surface area contributed by atoms with Crippen LogP contribution in [0.5, 0.6) is 0 Å². The van der Waals surface area contributed by atoms with Crippen LogP contribution in [0.2, 0.25) is 0 Å². The zero-order chi connectivity index (χ0) is 5.98. The molecule has 1 fully saturated rings. The van der Waals surface area contributed by atoms with Crippen LogP contribution in [0.15, 0.2) is 0 Å². The molecule has 0 aliphatic carbocycles. The standard InChI is InChI=1S/C5H10FNO/c6-4-1-2-8-3-5(4)7/h4-5H,1-3,7H2/t4-,5-/m0/s1. The van der Waals surface area contributed by atoms with Gasteiger partial charge in [0.15, 0.2) is 0 Å². The van der Waals surface area contributed by atoms with Crippen LogP contribution < -0.4 is 5.73 Å². The van der Waals surface area contributed by atoms with Gasteiger partial charge in [0.2, 0.25) is 0 Å². The third-order valence-electron chi connectivity index (χ3n) is 1.31. The Balaban J connectivity index is 2.28. The topological polar surface area (TPSA) is 35.2 Å². The fraction of sp³-hybridized carbons (Fsp3) is 1.00. The van der Waals surface area contributed by atoms with Crippen molar-refractivity contribution >= 4 is 0 Å². The molecule has 2 N–H and O–H groups in total. The van der Waals surface area contributed by atoms with Crippen molar-refractivity contribution in [2.45, 2.75) is 18.6 Å². The molecule has 3 heteroatoms. The molecule has 0 saturated carbocycles. The van der Waals surface area contributed by atoms with Crippen molar-refractivity contribution < 1.29 is 9.13 Å². The van der Waals surface area contributed by atoms with Crippen molar-refractivity contribution in [1.82, 2.24) is 0 Å². The maximum atomic E-state index is 12.4. The van der Waals surface area contributed by atoms with Gasteiger partial charge >= 0.3 is 0 Å². The second-order valence-electron chi connectivity index (χ2n) is 2.04. The van der Waals surface area contributed by atoms with Crippen molar-refractivity contribution in [3.8, 4) is 0 Å². The predicted octanol–water partition coefficient (Wildman–Crippen LogP) is 0.0721. The van der Waals surface area contributed by atoms with Gasteiger partial charge in [-0.3, -0.25) is 0 Å². The van der Waals surface area contributed by atoms with Crippen LogP contribution in [0.1, 0.15) is 6.42 Å². The van der Waals surface area contributed by atoms with Crippen LogP contribution in [-0.4, -0.2) is 25.4 Å². The van der Waals surface area contributed by atoms with E-state index in [9.17, 15) is 4.39 Å². The quantitative estimate of drug-likeness (QED) is 0.490. The molecule has 48 valence electrons. The Morgan fingerprint density at radius 2 is 2.38 bits per heavy atom. The maximum absolute atomic E-state index is 12.4. The van der Waals surface area contributed by atoms with E-state index in [-0.39, 0.29) is 6.04 Å². The van der Waals surface area contributed by atoms with Crippen LogP contribution in [0.4, 0.5) is 4.39 Å². The summed E-state index contributed by atoms with van der Waals surface area (Å²) in [5.41, 5.74) is 5.28. The molecule has 0 aromatic heterocycles. The number of halogens is 1. The molecule has 2 atom stereocenters. The average molecular weight is 119 g/mol. The van der Waals surface area contributed by atoms with Gasteiger partial charge in [-0.1, -0.05) is 0 Å². The monoisotopic (exact) mass is 119 g/mol. The van der Waals surface area contributed by atoms with Gasteiger partial charge < -0.3 is 10.5 Å². The van der Waals surface area contributed by atoms with Crippen molar-refractivity contribution in [1.29, 1.82) is 0 Å². The van der Waals surface area contributed by atoms with E-state index in [1.54, 1.807) is 0 Å². The summed E-state index contributed by atoms with van der Waals surface area (Å²) >= 11 is 0. The largest absolute Gasteiger partial charge is 0.380 e. The Kier molecular flexibility index (Phi) is 1.81. The number of ether oxygens (including phenoxy) is 1. The normalized spacial score (nSPS) is 39.8. The van der Waals surface area contributed by atoms with E-state index in [4.69, 9.17) is 10.5 Å². The van der Waals surface area contributed by atoms with E-state index < -0.39 is 6.17 Å².